The van der Waals surface area contributed by atoms with Crippen LogP contribution in [0.3, 0.4) is 0 Å². The molecule has 3 heterocycles. The number of hydrogen-bond donors (Lipinski definition) is 0. The monoisotopic (exact) mass is 496 g/mol. The molecule has 2 unspecified atom stereocenters. The summed E-state index contributed by atoms with van der Waals surface area (Å²) in [5, 5.41) is 9.53. The minimum Gasteiger partial charge on any atom is -0.315 e. The summed E-state index contributed by atoms with van der Waals surface area (Å²) in [7, 11) is 0. The van der Waals surface area contributed by atoms with E-state index in [4.69, 9.17) is 16.9 Å². The minimum atomic E-state index is -0.726. The molecule has 0 saturated carbocycles. The number of thioether (sulfide) groups is 1. The number of aromatic nitrogens is 1. The number of anilines is 1. The van der Waals surface area contributed by atoms with E-state index in [2.05, 4.69) is 4.98 Å². The van der Waals surface area contributed by atoms with Crippen molar-refractivity contribution < 1.29 is 18.4 Å². The number of imide groups is 1. The Balaban J connectivity index is 1.59. The van der Waals surface area contributed by atoms with Crippen molar-refractivity contribution in [3.63, 3.8) is 0 Å². The highest BCUT2D eigenvalue weighted by Gasteiger charge is 2.50. The molecular weight excluding hydrogens is 482 g/mol. The number of urea groups is 1. The highest BCUT2D eigenvalue weighted by molar-refractivity contribution is 8.09. The van der Waals surface area contributed by atoms with E-state index in [1.54, 1.807) is 6.08 Å². The van der Waals surface area contributed by atoms with Gasteiger partial charge in [0.1, 0.15) is 16.9 Å². The molecule has 2 aliphatic heterocycles. The molecule has 1 fully saturated rings. The highest BCUT2D eigenvalue weighted by Crippen LogP contribution is 2.47. The number of carbonyl (C=O) groups excluding carboxylic acids is 2. The molecule has 0 bridgehead atoms. The third kappa shape index (κ3) is 3.69. The van der Waals surface area contributed by atoms with Crippen LogP contribution in [0.1, 0.15) is 12.0 Å². The summed E-state index contributed by atoms with van der Waals surface area (Å²) in [6.45, 7) is 0.0916. The van der Waals surface area contributed by atoms with Crippen LogP contribution in [0.2, 0.25) is 5.02 Å². The van der Waals surface area contributed by atoms with Crippen LogP contribution in [0.15, 0.2) is 54.9 Å². The number of benzene rings is 2. The number of hydrogen-bond acceptors (Lipinski definition) is 5. The smallest absolute Gasteiger partial charge is 0.315 e. The second-order valence-electron chi connectivity index (χ2n) is 7.77. The lowest BCUT2D eigenvalue weighted by molar-refractivity contribution is -0.119. The first kappa shape index (κ1) is 22.3. The predicted octanol–water partition coefficient (Wildman–Crippen LogP) is 5.37. The number of nitrogens with zero attached hydrogens (tertiary/aromatic N) is 4. The predicted molar refractivity (Wildman–Crippen MR) is 126 cm³/mol. The Morgan fingerprint density at radius 3 is 2.65 bits per heavy atom. The molecule has 3 aromatic rings. The lowest BCUT2D eigenvalue weighted by Crippen LogP contribution is -2.62. The lowest BCUT2D eigenvalue weighted by Gasteiger charge is -2.41. The van der Waals surface area contributed by atoms with Gasteiger partial charge in [-0.1, -0.05) is 11.6 Å². The zero-order valence-electron chi connectivity index (χ0n) is 17.4. The zero-order valence-corrected chi connectivity index (χ0v) is 19.0. The van der Waals surface area contributed by atoms with Crippen LogP contribution >= 0.6 is 23.4 Å². The first-order valence-corrected chi connectivity index (χ1v) is 11.5. The van der Waals surface area contributed by atoms with E-state index >= 15 is 0 Å². The van der Waals surface area contributed by atoms with Crippen LogP contribution in [-0.4, -0.2) is 39.7 Å². The van der Waals surface area contributed by atoms with Crippen LogP contribution < -0.4 is 4.90 Å². The minimum absolute atomic E-state index is 0.0601. The maximum Gasteiger partial charge on any atom is 0.332 e. The molecule has 2 aliphatic rings. The summed E-state index contributed by atoms with van der Waals surface area (Å²) in [6.07, 6.45) is 4.68. The molecule has 34 heavy (non-hydrogen) atoms. The van der Waals surface area contributed by atoms with Gasteiger partial charge >= 0.3 is 6.03 Å². The van der Waals surface area contributed by atoms with Gasteiger partial charge in [0.25, 0.3) is 5.91 Å². The SMILES string of the molecule is N#CCCN1C(=O)N(c2cncc3ccc(F)cc23)C(=O)C2SC(c3ccc(F)cc3Cl)=CC21. The average Bonchev–Trinajstić information content (AvgIpc) is 3.24. The number of halogens is 3. The summed E-state index contributed by atoms with van der Waals surface area (Å²) in [5.41, 5.74) is 0.713. The topological polar surface area (TPSA) is 77.3 Å². The van der Waals surface area contributed by atoms with E-state index in [9.17, 15) is 18.4 Å². The van der Waals surface area contributed by atoms with E-state index in [1.165, 1.54) is 65.5 Å². The molecule has 0 aliphatic carbocycles. The Morgan fingerprint density at radius 1 is 1.12 bits per heavy atom. The molecule has 3 amide bonds. The standard InChI is InChI=1S/C24H15ClF2N4O2S/c25-18-9-15(27)4-5-16(18)21-10-19-22(34-21)23(32)31(24(33)30(19)7-1-6-28)20-12-29-11-13-2-3-14(26)8-17(13)20/h2-5,8-12,19,22H,1,7H2. The van der Waals surface area contributed by atoms with Gasteiger partial charge in [0.05, 0.1) is 35.4 Å². The van der Waals surface area contributed by atoms with Crippen LogP contribution in [0.4, 0.5) is 19.3 Å². The highest BCUT2D eigenvalue weighted by atomic mass is 35.5. The van der Waals surface area contributed by atoms with Gasteiger partial charge in [-0.25, -0.2) is 18.5 Å². The van der Waals surface area contributed by atoms with E-state index in [0.717, 1.165) is 4.90 Å². The van der Waals surface area contributed by atoms with Crippen molar-refractivity contribution >= 4 is 56.7 Å². The van der Waals surface area contributed by atoms with Crippen molar-refractivity contribution in [3.05, 3.63) is 77.1 Å². The normalized spacial score (nSPS) is 19.9. The summed E-state index contributed by atoms with van der Waals surface area (Å²) in [6, 6.07) is 8.82. The van der Waals surface area contributed by atoms with Gasteiger partial charge in [-0.05, 0) is 42.5 Å². The molecule has 0 spiro atoms. The molecule has 2 aromatic carbocycles. The van der Waals surface area contributed by atoms with Gasteiger partial charge in [-0.3, -0.25) is 9.78 Å². The van der Waals surface area contributed by atoms with Gasteiger partial charge in [0.2, 0.25) is 0 Å². The van der Waals surface area contributed by atoms with Crippen LogP contribution in [0.25, 0.3) is 15.7 Å². The van der Waals surface area contributed by atoms with Crippen molar-refractivity contribution in [2.75, 3.05) is 11.4 Å². The number of fused-ring (bicyclic) bond motifs is 2. The van der Waals surface area contributed by atoms with Gasteiger partial charge in [0, 0.05) is 34.0 Å². The van der Waals surface area contributed by atoms with Crippen LogP contribution in [0, 0.1) is 23.0 Å². The summed E-state index contributed by atoms with van der Waals surface area (Å²) >= 11 is 7.45. The van der Waals surface area contributed by atoms with Gasteiger partial charge in [-0.15, -0.1) is 11.8 Å². The third-order valence-corrected chi connectivity index (χ3v) is 7.41. The summed E-state index contributed by atoms with van der Waals surface area (Å²) in [4.78, 5) is 34.4. The van der Waals surface area contributed by atoms with E-state index in [0.29, 0.717) is 21.2 Å². The first-order chi connectivity index (χ1) is 16.4. The molecule has 0 radical (unpaired) electrons. The molecule has 6 nitrogen and oxygen atoms in total. The maximum atomic E-state index is 14.0. The fraction of sp³-hybridized carbons (Fsp3) is 0.167. The zero-order chi connectivity index (χ0) is 24.0. The molecule has 0 N–H and O–H groups in total. The second kappa shape index (κ2) is 8.70. The fourth-order valence-electron chi connectivity index (χ4n) is 4.19. The Hall–Kier alpha value is -3.48. The Morgan fingerprint density at radius 2 is 1.88 bits per heavy atom. The Labute approximate surface area is 202 Å². The fourth-order valence-corrected chi connectivity index (χ4v) is 5.89. The van der Waals surface area contributed by atoms with Gasteiger partial charge in [-0.2, -0.15) is 5.26 Å². The van der Waals surface area contributed by atoms with Crippen molar-refractivity contribution in [3.8, 4) is 6.07 Å². The quantitative estimate of drug-likeness (QED) is 0.485. The van der Waals surface area contributed by atoms with Crippen LogP contribution in [0.5, 0.6) is 0 Å². The maximum absolute atomic E-state index is 14.0. The molecule has 10 heteroatoms. The second-order valence-corrected chi connectivity index (χ2v) is 9.36. The summed E-state index contributed by atoms with van der Waals surface area (Å²) < 4.78 is 27.6. The Kier molecular flexibility index (Phi) is 5.71. The summed E-state index contributed by atoms with van der Waals surface area (Å²) in [5.74, 6) is -1.49. The van der Waals surface area contributed by atoms with Crippen molar-refractivity contribution in [2.45, 2.75) is 17.7 Å². The van der Waals surface area contributed by atoms with Gasteiger partial charge in [0.15, 0.2) is 0 Å². The molecule has 1 saturated heterocycles. The number of carbonyl (C=O) groups is 2. The number of pyridine rings is 1. The van der Waals surface area contributed by atoms with Crippen molar-refractivity contribution in [2.24, 2.45) is 0 Å². The van der Waals surface area contributed by atoms with Crippen molar-refractivity contribution in [1.29, 1.82) is 5.26 Å². The van der Waals surface area contributed by atoms with Crippen molar-refractivity contribution in [1.82, 2.24) is 9.88 Å². The molecule has 170 valence electrons. The average molecular weight is 497 g/mol. The molecule has 1 aromatic heterocycles. The lowest BCUT2D eigenvalue weighted by atomic mass is 10.0. The molecule has 2 atom stereocenters. The van der Waals surface area contributed by atoms with E-state index in [1.807, 2.05) is 6.07 Å². The third-order valence-electron chi connectivity index (χ3n) is 5.75. The van der Waals surface area contributed by atoms with E-state index < -0.39 is 34.9 Å². The van der Waals surface area contributed by atoms with Gasteiger partial charge < -0.3 is 4.90 Å². The largest absolute Gasteiger partial charge is 0.332 e. The first-order valence-electron chi connectivity index (χ1n) is 10.3. The van der Waals surface area contributed by atoms with E-state index in [-0.39, 0.29) is 23.7 Å². The number of rotatable bonds is 4. The number of amides is 3. The Bertz CT molecular complexity index is 1420. The molecular formula is C24H15ClF2N4O2S. The molecule has 5 rings (SSSR count). The number of nitriles is 1. The van der Waals surface area contributed by atoms with Crippen LogP contribution in [-0.2, 0) is 4.79 Å².